The Bertz CT molecular complexity index is 725. The zero-order valence-corrected chi connectivity index (χ0v) is 14.9. The molecule has 0 bridgehead atoms. The summed E-state index contributed by atoms with van der Waals surface area (Å²) in [5.74, 6) is 0.545. The molecule has 1 aromatic heterocycles. The van der Waals surface area contributed by atoms with Crippen molar-refractivity contribution in [2.45, 2.75) is 51.7 Å². The number of hydrogen-bond donors (Lipinski definition) is 2. The van der Waals surface area contributed by atoms with Gasteiger partial charge in [-0.15, -0.1) is 0 Å². The van der Waals surface area contributed by atoms with E-state index in [1.54, 1.807) is 12.3 Å². The first-order valence-electron chi connectivity index (χ1n) is 8.96. The van der Waals surface area contributed by atoms with E-state index in [1.165, 1.54) is 11.3 Å². The van der Waals surface area contributed by atoms with Crippen molar-refractivity contribution < 1.29 is 14.3 Å². The minimum atomic E-state index is -0.135. The summed E-state index contributed by atoms with van der Waals surface area (Å²) in [6.45, 7) is 4.83. The Morgan fingerprint density at radius 2 is 2.20 bits per heavy atom. The number of anilines is 1. The predicted molar refractivity (Wildman–Crippen MR) is 97.7 cm³/mol. The molecule has 0 fully saturated rings. The van der Waals surface area contributed by atoms with Crippen molar-refractivity contribution in [3.63, 3.8) is 0 Å². The highest BCUT2D eigenvalue weighted by atomic mass is 16.3. The lowest BCUT2D eigenvalue weighted by Crippen LogP contribution is -2.36. The molecule has 2 atom stereocenters. The second kappa shape index (κ2) is 7.74. The molecular formula is C20H26N2O3. The average Bonchev–Trinajstić information content (AvgIpc) is 3.19. The van der Waals surface area contributed by atoms with E-state index in [1.807, 2.05) is 13.0 Å². The van der Waals surface area contributed by atoms with Crippen LogP contribution in [0.2, 0.25) is 0 Å². The molecule has 134 valence electrons. The molecule has 1 aliphatic rings. The maximum atomic E-state index is 12.6. The monoisotopic (exact) mass is 342 g/mol. The lowest BCUT2D eigenvalue weighted by molar-refractivity contribution is 0.0927. The summed E-state index contributed by atoms with van der Waals surface area (Å²) in [5, 5.41) is 12.1. The maximum Gasteiger partial charge on any atom is 0.255 e. The van der Waals surface area contributed by atoms with Crippen LogP contribution in [0, 0.1) is 0 Å². The predicted octanol–water partition coefficient (Wildman–Crippen LogP) is 3.12. The highest BCUT2D eigenvalue weighted by Gasteiger charge is 2.28. The Balaban J connectivity index is 1.75. The third-order valence-corrected chi connectivity index (χ3v) is 4.96. The summed E-state index contributed by atoms with van der Waals surface area (Å²) in [4.78, 5) is 14.9. The molecular weight excluding hydrogens is 316 g/mol. The Morgan fingerprint density at radius 3 is 2.96 bits per heavy atom. The molecule has 1 amide bonds. The number of nitrogens with one attached hydrogen (secondary N) is 1. The fourth-order valence-electron chi connectivity index (χ4n) is 3.49. The van der Waals surface area contributed by atoms with E-state index in [0.717, 1.165) is 12.8 Å². The van der Waals surface area contributed by atoms with Crippen LogP contribution in [0.3, 0.4) is 0 Å². The van der Waals surface area contributed by atoms with Gasteiger partial charge in [-0.05, 0) is 43.9 Å². The largest absolute Gasteiger partial charge is 0.467 e. The molecule has 2 aromatic rings. The molecule has 2 unspecified atom stereocenters. The number of aliphatic hydroxyl groups is 1. The van der Waals surface area contributed by atoms with Crippen LogP contribution in [0.4, 0.5) is 5.69 Å². The fraction of sp³-hybridized carbons (Fsp3) is 0.450. The standard InChI is InChI=1S/C20H26N2O3/c1-3-16(8-10-23)21-20(24)17-9-11-25-19(17)13-22-14(2)12-15-6-4-5-7-18(15)22/h4-7,9,11,14,16,23H,3,8,10,12-13H2,1-2H3,(H,21,24). The van der Waals surface area contributed by atoms with E-state index in [9.17, 15) is 4.79 Å². The molecule has 1 aliphatic heterocycles. The number of fused-ring (bicyclic) bond motifs is 1. The van der Waals surface area contributed by atoms with Crippen molar-refractivity contribution in [3.8, 4) is 0 Å². The van der Waals surface area contributed by atoms with Crippen LogP contribution >= 0.6 is 0 Å². The molecule has 0 spiro atoms. The van der Waals surface area contributed by atoms with E-state index in [0.29, 0.717) is 30.3 Å². The third-order valence-electron chi connectivity index (χ3n) is 4.96. The van der Waals surface area contributed by atoms with E-state index in [4.69, 9.17) is 9.52 Å². The lowest BCUT2D eigenvalue weighted by atomic mass is 10.1. The molecule has 2 heterocycles. The zero-order chi connectivity index (χ0) is 17.8. The lowest BCUT2D eigenvalue weighted by Gasteiger charge is -2.24. The second-order valence-corrected chi connectivity index (χ2v) is 6.66. The zero-order valence-electron chi connectivity index (χ0n) is 14.9. The quantitative estimate of drug-likeness (QED) is 0.811. The molecule has 0 aliphatic carbocycles. The SMILES string of the molecule is CCC(CCO)NC(=O)c1ccoc1CN1c2ccccc2CC1C. The van der Waals surface area contributed by atoms with Crippen LogP contribution in [0.1, 0.15) is 48.4 Å². The fourth-order valence-corrected chi connectivity index (χ4v) is 3.49. The third kappa shape index (κ3) is 3.71. The number of nitrogens with zero attached hydrogens (tertiary/aromatic N) is 1. The van der Waals surface area contributed by atoms with Crippen molar-refractivity contribution in [3.05, 3.63) is 53.5 Å². The van der Waals surface area contributed by atoms with Gasteiger partial charge in [0, 0.05) is 24.4 Å². The number of carbonyl (C=O) groups excluding carboxylic acids is 1. The molecule has 0 saturated carbocycles. The van der Waals surface area contributed by atoms with Crippen LogP contribution < -0.4 is 10.2 Å². The van der Waals surface area contributed by atoms with Gasteiger partial charge in [-0.25, -0.2) is 0 Å². The van der Waals surface area contributed by atoms with Gasteiger partial charge in [-0.1, -0.05) is 25.1 Å². The minimum Gasteiger partial charge on any atom is -0.467 e. The molecule has 5 nitrogen and oxygen atoms in total. The van der Waals surface area contributed by atoms with Crippen LogP contribution in [-0.2, 0) is 13.0 Å². The molecule has 0 saturated heterocycles. The maximum absolute atomic E-state index is 12.6. The summed E-state index contributed by atoms with van der Waals surface area (Å²) >= 11 is 0. The summed E-state index contributed by atoms with van der Waals surface area (Å²) in [6, 6.07) is 10.5. The number of hydrogen-bond acceptors (Lipinski definition) is 4. The van der Waals surface area contributed by atoms with Crippen molar-refractivity contribution in [1.82, 2.24) is 5.32 Å². The van der Waals surface area contributed by atoms with Crippen molar-refractivity contribution in [2.24, 2.45) is 0 Å². The normalized spacial score (nSPS) is 17.4. The minimum absolute atomic E-state index is 0.0216. The summed E-state index contributed by atoms with van der Waals surface area (Å²) in [7, 11) is 0. The molecule has 25 heavy (non-hydrogen) atoms. The van der Waals surface area contributed by atoms with Crippen molar-refractivity contribution in [1.29, 1.82) is 0 Å². The summed E-state index contributed by atoms with van der Waals surface area (Å²) in [5.41, 5.74) is 3.12. The van der Waals surface area contributed by atoms with Gasteiger partial charge in [0.1, 0.15) is 5.76 Å². The van der Waals surface area contributed by atoms with Gasteiger partial charge in [-0.3, -0.25) is 4.79 Å². The summed E-state index contributed by atoms with van der Waals surface area (Å²) in [6.07, 6.45) is 3.93. The van der Waals surface area contributed by atoms with Crippen molar-refractivity contribution >= 4 is 11.6 Å². The average molecular weight is 342 g/mol. The van der Waals surface area contributed by atoms with Gasteiger partial charge in [0.2, 0.25) is 0 Å². The van der Waals surface area contributed by atoms with E-state index < -0.39 is 0 Å². The first-order valence-corrected chi connectivity index (χ1v) is 8.96. The Morgan fingerprint density at radius 1 is 1.40 bits per heavy atom. The van der Waals surface area contributed by atoms with Crippen LogP contribution in [0.5, 0.6) is 0 Å². The summed E-state index contributed by atoms with van der Waals surface area (Å²) < 4.78 is 5.63. The molecule has 5 heteroatoms. The van der Waals surface area contributed by atoms with E-state index in [-0.39, 0.29) is 18.6 Å². The van der Waals surface area contributed by atoms with Gasteiger partial charge >= 0.3 is 0 Å². The van der Waals surface area contributed by atoms with Crippen LogP contribution in [0.15, 0.2) is 41.0 Å². The van der Waals surface area contributed by atoms with Gasteiger partial charge in [0.15, 0.2) is 0 Å². The first-order chi connectivity index (χ1) is 12.1. The first kappa shape index (κ1) is 17.5. The Labute approximate surface area is 148 Å². The number of para-hydroxylation sites is 1. The van der Waals surface area contributed by atoms with Crippen LogP contribution in [-0.4, -0.2) is 29.7 Å². The van der Waals surface area contributed by atoms with Crippen molar-refractivity contribution in [2.75, 3.05) is 11.5 Å². The number of furan rings is 1. The number of aliphatic hydroxyl groups excluding tert-OH is 1. The van der Waals surface area contributed by atoms with E-state index in [2.05, 4.69) is 35.3 Å². The highest BCUT2D eigenvalue weighted by Crippen LogP contribution is 2.33. The topological polar surface area (TPSA) is 65.7 Å². The van der Waals surface area contributed by atoms with Gasteiger partial charge < -0.3 is 19.7 Å². The Hall–Kier alpha value is -2.27. The molecule has 3 rings (SSSR count). The smallest absolute Gasteiger partial charge is 0.255 e. The van der Waals surface area contributed by atoms with Gasteiger partial charge in [-0.2, -0.15) is 0 Å². The molecule has 1 aromatic carbocycles. The number of benzene rings is 1. The van der Waals surface area contributed by atoms with E-state index >= 15 is 0 Å². The molecule has 0 radical (unpaired) electrons. The number of carbonyl (C=O) groups is 1. The number of rotatable bonds is 7. The van der Waals surface area contributed by atoms with Crippen LogP contribution in [0.25, 0.3) is 0 Å². The molecule has 2 N–H and O–H groups in total. The number of amides is 1. The van der Waals surface area contributed by atoms with Gasteiger partial charge in [0.25, 0.3) is 5.91 Å². The Kier molecular flexibility index (Phi) is 5.43. The second-order valence-electron chi connectivity index (χ2n) is 6.66. The van der Waals surface area contributed by atoms with Gasteiger partial charge in [0.05, 0.1) is 18.4 Å². The highest BCUT2D eigenvalue weighted by molar-refractivity contribution is 5.95.